The molecule has 0 saturated heterocycles. The van der Waals surface area contributed by atoms with Gasteiger partial charge in [0.2, 0.25) is 0 Å². The minimum absolute atomic E-state index is 0.0870. The Labute approximate surface area is 155 Å². The molecule has 10 heteroatoms. The van der Waals surface area contributed by atoms with Crippen LogP contribution in [-0.2, 0) is 15.8 Å². The van der Waals surface area contributed by atoms with E-state index in [9.17, 15) is 4.57 Å². The molecule has 26 heavy (non-hydrogen) atoms. The van der Waals surface area contributed by atoms with Crippen molar-refractivity contribution < 1.29 is 13.8 Å². The van der Waals surface area contributed by atoms with E-state index in [1.165, 1.54) is 6.33 Å². The van der Waals surface area contributed by atoms with E-state index in [1.807, 2.05) is 17.6 Å². The number of aromatic nitrogens is 4. The minimum Gasteiger partial charge on any atom is -0.441 e. The third-order valence-corrected chi connectivity index (χ3v) is 6.18. The lowest BCUT2D eigenvalue weighted by molar-refractivity contribution is 0.0833. The maximum absolute atomic E-state index is 12.8. The highest BCUT2D eigenvalue weighted by molar-refractivity contribution is 7.60. The van der Waals surface area contributed by atoms with Crippen LogP contribution in [0.15, 0.2) is 43.0 Å². The second kappa shape index (κ2) is 8.03. The normalized spacial score (nSPS) is 14.8. The van der Waals surface area contributed by atoms with Crippen molar-refractivity contribution in [3.8, 4) is 5.75 Å². The SMILES string of the molecule is C[C@H](Cn1cnc2c(N)ncnc21)OCP(=O)(CCl)Oc1ccccc1. The molecule has 138 valence electrons. The van der Waals surface area contributed by atoms with Crippen LogP contribution in [0.5, 0.6) is 5.75 Å². The van der Waals surface area contributed by atoms with Gasteiger partial charge in [-0.15, -0.1) is 11.6 Å². The predicted octanol–water partition coefficient (Wildman–Crippen LogP) is 3.32. The Bertz CT molecular complexity index is 921. The summed E-state index contributed by atoms with van der Waals surface area (Å²) in [6.07, 6.45) is 2.66. The molecule has 2 N–H and O–H groups in total. The fourth-order valence-corrected chi connectivity index (χ4v) is 3.87. The van der Waals surface area contributed by atoms with E-state index >= 15 is 0 Å². The first-order valence-corrected chi connectivity index (χ1v) is 10.5. The van der Waals surface area contributed by atoms with E-state index in [4.69, 9.17) is 26.6 Å². The number of hydrogen-bond acceptors (Lipinski definition) is 7. The second-order valence-corrected chi connectivity index (χ2v) is 8.80. The summed E-state index contributed by atoms with van der Waals surface area (Å²) >= 11 is 5.87. The summed E-state index contributed by atoms with van der Waals surface area (Å²) in [6.45, 7) is 2.32. The number of nitrogens with two attached hydrogens (primary N) is 1. The van der Waals surface area contributed by atoms with Gasteiger partial charge in [0.1, 0.15) is 29.6 Å². The number of ether oxygens (including phenoxy) is 1. The van der Waals surface area contributed by atoms with E-state index in [0.717, 1.165) is 0 Å². The number of benzene rings is 1. The number of fused-ring (bicyclic) bond motifs is 1. The summed E-state index contributed by atoms with van der Waals surface area (Å²) in [7, 11) is -3.15. The van der Waals surface area contributed by atoms with E-state index in [0.29, 0.717) is 29.3 Å². The number of alkyl halides is 1. The van der Waals surface area contributed by atoms with E-state index < -0.39 is 7.37 Å². The topological polar surface area (TPSA) is 105 Å². The first-order chi connectivity index (χ1) is 12.5. The van der Waals surface area contributed by atoms with Gasteiger partial charge >= 0.3 is 0 Å². The molecule has 0 aliphatic carbocycles. The molecular formula is C16H19ClN5O3P. The Hall–Kier alpha value is -2.15. The molecule has 3 rings (SSSR count). The average Bonchev–Trinajstić information content (AvgIpc) is 3.05. The largest absolute Gasteiger partial charge is 0.441 e. The molecule has 0 spiro atoms. The number of halogens is 1. The number of rotatable bonds is 8. The van der Waals surface area contributed by atoms with Gasteiger partial charge in [-0.25, -0.2) is 15.0 Å². The van der Waals surface area contributed by atoms with Gasteiger partial charge in [0.15, 0.2) is 11.5 Å². The Balaban J connectivity index is 1.62. The van der Waals surface area contributed by atoms with Gasteiger partial charge in [0, 0.05) is 0 Å². The van der Waals surface area contributed by atoms with Crippen LogP contribution in [0.1, 0.15) is 6.92 Å². The number of nitrogen functional groups attached to an aromatic ring is 1. The highest BCUT2D eigenvalue weighted by Gasteiger charge is 2.25. The third kappa shape index (κ3) is 4.33. The molecule has 0 amide bonds. The zero-order valence-electron chi connectivity index (χ0n) is 14.2. The lowest BCUT2D eigenvalue weighted by Crippen LogP contribution is -2.18. The van der Waals surface area contributed by atoms with Crippen molar-refractivity contribution >= 4 is 36.0 Å². The smallest absolute Gasteiger partial charge is 0.287 e. The zero-order valence-corrected chi connectivity index (χ0v) is 15.8. The summed E-state index contributed by atoms with van der Waals surface area (Å²) < 4.78 is 25.9. The van der Waals surface area contributed by atoms with Gasteiger partial charge in [-0.1, -0.05) is 18.2 Å². The maximum atomic E-state index is 12.8. The van der Waals surface area contributed by atoms with Crippen LogP contribution >= 0.6 is 19.0 Å². The van der Waals surface area contributed by atoms with Crippen molar-refractivity contribution in [3.63, 3.8) is 0 Å². The minimum atomic E-state index is -3.15. The summed E-state index contributed by atoms with van der Waals surface area (Å²) in [4.78, 5) is 12.3. The van der Waals surface area contributed by atoms with Gasteiger partial charge in [-0.05, 0) is 19.1 Å². The molecular weight excluding hydrogens is 377 g/mol. The van der Waals surface area contributed by atoms with Gasteiger partial charge in [0.25, 0.3) is 7.37 Å². The third-order valence-electron chi connectivity index (χ3n) is 3.64. The summed E-state index contributed by atoms with van der Waals surface area (Å²) in [5.41, 5.74) is 6.81. The molecule has 1 aromatic carbocycles. The molecule has 0 aliphatic rings. The van der Waals surface area contributed by atoms with Gasteiger partial charge in [-0.2, -0.15) is 0 Å². The van der Waals surface area contributed by atoms with E-state index in [-0.39, 0.29) is 18.1 Å². The lowest BCUT2D eigenvalue weighted by atomic mass is 10.3. The molecule has 0 radical (unpaired) electrons. The van der Waals surface area contributed by atoms with Crippen LogP contribution in [0.2, 0.25) is 0 Å². The van der Waals surface area contributed by atoms with Crippen molar-refractivity contribution in [1.29, 1.82) is 0 Å². The average molecular weight is 396 g/mol. The quantitative estimate of drug-likeness (QED) is 0.460. The van der Waals surface area contributed by atoms with Crippen LogP contribution in [0.3, 0.4) is 0 Å². The Morgan fingerprint density at radius 2 is 2.04 bits per heavy atom. The molecule has 2 atom stereocenters. The highest BCUT2D eigenvalue weighted by atomic mass is 35.5. The number of hydrogen-bond donors (Lipinski definition) is 1. The second-order valence-electron chi connectivity index (χ2n) is 5.77. The van der Waals surface area contributed by atoms with Crippen LogP contribution in [-0.4, -0.2) is 37.6 Å². The molecule has 8 nitrogen and oxygen atoms in total. The predicted molar refractivity (Wildman–Crippen MR) is 101 cm³/mol. The molecule has 0 aliphatic heterocycles. The van der Waals surface area contributed by atoms with Gasteiger partial charge in [0.05, 0.1) is 19.0 Å². The van der Waals surface area contributed by atoms with E-state index in [1.54, 1.807) is 30.6 Å². The highest BCUT2D eigenvalue weighted by Crippen LogP contribution is 2.48. The van der Waals surface area contributed by atoms with Crippen molar-refractivity contribution in [2.45, 2.75) is 19.6 Å². The van der Waals surface area contributed by atoms with Crippen LogP contribution in [0, 0.1) is 0 Å². The zero-order chi connectivity index (χ0) is 18.6. The summed E-state index contributed by atoms with van der Waals surface area (Å²) in [6, 6.07) is 8.90. The first kappa shape index (κ1) is 18.6. The summed E-state index contributed by atoms with van der Waals surface area (Å²) in [5, 5.41) is 0. The van der Waals surface area contributed by atoms with E-state index in [2.05, 4.69) is 15.0 Å². The number of nitrogens with zero attached hydrogens (tertiary/aromatic N) is 4. The molecule has 2 heterocycles. The van der Waals surface area contributed by atoms with Gasteiger partial charge in [-0.3, -0.25) is 4.57 Å². The Morgan fingerprint density at radius 1 is 1.27 bits per heavy atom. The molecule has 0 saturated carbocycles. The molecule has 3 aromatic rings. The van der Waals surface area contributed by atoms with Crippen molar-refractivity contribution in [2.75, 3.05) is 17.7 Å². The van der Waals surface area contributed by atoms with Crippen molar-refractivity contribution in [1.82, 2.24) is 19.5 Å². The molecule has 0 fully saturated rings. The Kier molecular flexibility index (Phi) is 5.76. The first-order valence-electron chi connectivity index (χ1n) is 7.92. The van der Waals surface area contributed by atoms with Crippen LogP contribution in [0.4, 0.5) is 5.82 Å². The van der Waals surface area contributed by atoms with Crippen LogP contribution < -0.4 is 10.3 Å². The van der Waals surface area contributed by atoms with Crippen LogP contribution in [0.25, 0.3) is 11.2 Å². The maximum Gasteiger partial charge on any atom is 0.287 e. The number of anilines is 1. The fourth-order valence-electron chi connectivity index (χ4n) is 2.36. The Morgan fingerprint density at radius 3 is 2.77 bits per heavy atom. The fraction of sp³-hybridized carbons (Fsp3) is 0.312. The molecule has 2 aromatic heterocycles. The van der Waals surface area contributed by atoms with Crippen molar-refractivity contribution in [2.24, 2.45) is 0 Å². The monoisotopic (exact) mass is 395 g/mol. The lowest BCUT2D eigenvalue weighted by Gasteiger charge is -2.20. The number of imidazole rings is 1. The molecule has 0 bridgehead atoms. The number of para-hydroxylation sites is 1. The van der Waals surface area contributed by atoms with Gasteiger partial charge < -0.3 is 19.6 Å². The molecule has 1 unspecified atom stereocenters. The van der Waals surface area contributed by atoms with Crippen molar-refractivity contribution in [3.05, 3.63) is 43.0 Å². The standard InChI is InChI=1S/C16H19ClN5O3P/c1-12(7-22-10-21-14-15(18)19-9-20-16(14)22)24-11-26(23,8-17)25-13-5-3-2-4-6-13/h2-6,9-10,12H,7-8,11H2,1H3,(H2,18,19,20)/t12-,26?/m1/s1. The summed E-state index contributed by atoms with van der Waals surface area (Å²) in [5.74, 6) is 0.825.